The van der Waals surface area contributed by atoms with Crippen molar-refractivity contribution in [3.8, 4) is 23.0 Å². The van der Waals surface area contributed by atoms with Crippen LogP contribution in [0.3, 0.4) is 0 Å². The third-order valence-electron chi connectivity index (χ3n) is 6.52. The van der Waals surface area contributed by atoms with Gasteiger partial charge in [-0.25, -0.2) is 9.78 Å². The largest absolute Gasteiger partial charge is 0.497 e. The molecular formula is C27H34N6O6. The molecule has 2 heterocycles. The van der Waals surface area contributed by atoms with E-state index >= 15 is 0 Å². The number of hydrogen-bond acceptors (Lipinski definition) is 10. The third kappa shape index (κ3) is 6.34. The number of nitrogens with one attached hydrogen (secondary N) is 1. The van der Waals surface area contributed by atoms with E-state index in [1.165, 1.54) is 19.4 Å². The summed E-state index contributed by atoms with van der Waals surface area (Å²) in [5, 5.41) is 13.2. The van der Waals surface area contributed by atoms with Crippen LogP contribution in [0.15, 0.2) is 42.6 Å². The van der Waals surface area contributed by atoms with E-state index in [9.17, 15) is 9.90 Å². The first-order valence-corrected chi connectivity index (χ1v) is 12.4. The molecule has 1 amide bonds. The van der Waals surface area contributed by atoms with Gasteiger partial charge in [-0.15, -0.1) is 0 Å². The summed E-state index contributed by atoms with van der Waals surface area (Å²) >= 11 is 0. The van der Waals surface area contributed by atoms with E-state index in [0.717, 1.165) is 36.8 Å². The van der Waals surface area contributed by atoms with Crippen molar-refractivity contribution >= 4 is 29.2 Å². The number of methoxy groups -OCH3 is 4. The minimum absolute atomic E-state index is 0.00642. The van der Waals surface area contributed by atoms with Crippen LogP contribution >= 0.6 is 0 Å². The monoisotopic (exact) mass is 538 g/mol. The molecule has 0 atom stereocenters. The Morgan fingerprint density at radius 2 is 1.62 bits per heavy atom. The van der Waals surface area contributed by atoms with E-state index in [0.29, 0.717) is 34.2 Å². The normalized spacial score (nSPS) is 13.5. The Balaban J connectivity index is 1.61. The highest BCUT2D eigenvalue weighted by atomic mass is 16.5. The summed E-state index contributed by atoms with van der Waals surface area (Å²) in [6.07, 6.45) is 0.320. The van der Waals surface area contributed by atoms with Crippen molar-refractivity contribution in [2.24, 2.45) is 0 Å². The molecular weight excluding hydrogens is 504 g/mol. The maximum atomic E-state index is 12.2. The van der Waals surface area contributed by atoms with Crippen LogP contribution in [0.5, 0.6) is 23.0 Å². The molecule has 4 rings (SSSR count). The van der Waals surface area contributed by atoms with Gasteiger partial charge in [-0.1, -0.05) is 0 Å². The molecule has 0 radical (unpaired) electrons. The van der Waals surface area contributed by atoms with Gasteiger partial charge in [0.05, 0.1) is 35.0 Å². The van der Waals surface area contributed by atoms with E-state index < -0.39 is 6.09 Å². The van der Waals surface area contributed by atoms with Gasteiger partial charge in [0.1, 0.15) is 34.5 Å². The van der Waals surface area contributed by atoms with Gasteiger partial charge in [0.15, 0.2) is 0 Å². The third-order valence-corrected chi connectivity index (χ3v) is 6.52. The summed E-state index contributed by atoms with van der Waals surface area (Å²) in [5.41, 5.74) is 2.15. The Bertz CT molecular complexity index is 1270. The summed E-state index contributed by atoms with van der Waals surface area (Å²) < 4.78 is 22.2. The molecule has 2 aromatic carbocycles. The lowest BCUT2D eigenvalue weighted by Crippen LogP contribution is -2.44. The minimum Gasteiger partial charge on any atom is -0.497 e. The van der Waals surface area contributed by atoms with Gasteiger partial charge in [-0.3, -0.25) is 4.90 Å². The molecule has 0 unspecified atom stereocenters. The van der Waals surface area contributed by atoms with Crippen LogP contribution in [0.25, 0.3) is 0 Å². The molecule has 0 bridgehead atoms. The fourth-order valence-electron chi connectivity index (χ4n) is 4.42. The molecule has 0 saturated carbocycles. The number of carboxylic acid groups (broad SMARTS) is 1. The Morgan fingerprint density at radius 3 is 2.21 bits per heavy atom. The summed E-state index contributed by atoms with van der Waals surface area (Å²) in [4.78, 5) is 26.6. The van der Waals surface area contributed by atoms with Crippen molar-refractivity contribution in [2.45, 2.75) is 6.54 Å². The quantitative estimate of drug-likeness (QED) is 0.393. The predicted molar refractivity (Wildman–Crippen MR) is 148 cm³/mol. The molecule has 1 aromatic heterocycles. The number of benzene rings is 2. The predicted octanol–water partition coefficient (Wildman–Crippen LogP) is 3.69. The molecule has 0 spiro atoms. The lowest BCUT2D eigenvalue weighted by molar-refractivity contribution is 0.201. The van der Waals surface area contributed by atoms with E-state index in [-0.39, 0.29) is 18.3 Å². The average molecular weight is 539 g/mol. The van der Waals surface area contributed by atoms with Crippen LogP contribution in [-0.4, -0.2) is 87.7 Å². The second-order valence-electron chi connectivity index (χ2n) is 8.93. The summed E-state index contributed by atoms with van der Waals surface area (Å²) in [6.45, 7) is 3.57. The zero-order chi connectivity index (χ0) is 27.9. The summed E-state index contributed by atoms with van der Waals surface area (Å²) in [6, 6.07) is 10.4. The molecule has 1 fully saturated rings. The SMILES string of the molecule is COc1ccc(OC)c(CN(C(=O)O)c2ccnc(Nc3cc(OC)c(N4CCN(C)CC4)c(OC)c3)n2)c1. The molecule has 208 valence electrons. The fourth-order valence-corrected chi connectivity index (χ4v) is 4.42. The lowest BCUT2D eigenvalue weighted by Gasteiger charge is -2.35. The van der Waals surface area contributed by atoms with Crippen LogP contribution in [0.2, 0.25) is 0 Å². The second kappa shape index (κ2) is 12.4. The Morgan fingerprint density at radius 1 is 0.949 bits per heavy atom. The molecule has 0 aliphatic carbocycles. The highest BCUT2D eigenvalue weighted by molar-refractivity contribution is 5.85. The van der Waals surface area contributed by atoms with Crippen molar-refractivity contribution in [2.75, 3.05) is 76.8 Å². The van der Waals surface area contributed by atoms with Crippen molar-refractivity contribution in [1.29, 1.82) is 0 Å². The van der Waals surface area contributed by atoms with Gasteiger partial charge in [-0.05, 0) is 31.3 Å². The number of likely N-dealkylation sites (N-methyl/N-ethyl adjacent to an activating group) is 1. The van der Waals surface area contributed by atoms with E-state index in [1.54, 1.807) is 39.5 Å². The zero-order valence-corrected chi connectivity index (χ0v) is 22.8. The number of hydrogen-bond donors (Lipinski definition) is 2. The van der Waals surface area contributed by atoms with Crippen LogP contribution in [0.4, 0.5) is 27.9 Å². The molecule has 12 nitrogen and oxygen atoms in total. The van der Waals surface area contributed by atoms with Gasteiger partial charge in [0.2, 0.25) is 5.95 Å². The molecule has 3 aromatic rings. The van der Waals surface area contributed by atoms with Gasteiger partial charge >= 0.3 is 6.09 Å². The molecule has 1 aliphatic rings. The van der Waals surface area contributed by atoms with Gasteiger partial charge in [0.25, 0.3) is 0 Å². The van der Waals surface area contributed by atoms with E-state index in [2.05, 4.69) is 32.1 Å². The number of piperazine rings is 1. The van der Waals surface area contributed by atoms with E-state index in [1.807, 2.05) is 12.1 Å². The number of rotatable bonds is 10. The van der Waals surface area contributed by atoms with Crippen molar-refractivity contribution < 1.29 is 28.8 Å². The topological polar surface area (TPSA) is 122 Å². The van der Waals surface area contributed by atoms with Gasteiger partial charge in [-0.2, -0.15) is 4.98 Å². The Labute approximate surface area is 227 Å². The first-order valence-electron chi connectivity index (χ1n) is 12.4. The Hall–Kier alpha value is -4.45. The van der Waals surface area contributed by atoms with Gasteiger partial charge < -0.3 is 39.2 Å². The summed E-state index contributed by atoms with van der Waals surface area (Å²) in [5.74, 6) is 2.83. The standard InChI is InChI=1S/C27H34N6O6/c1-31-10-12-32(13-11-31)25-22(38-4)15-19(16-23(25)39-5)29-26-28-9-8-24(30-26)33(27(34)35)17-18-14-20(36-2)6-7-21(18)37-3/h6-9,14-16H,10-13,17H2,1-5H3,(H,34,35)(H,28,29,30). The number of anilines is 4. The van der Waals surface area contributed by atoms with Crippen molar-refractivity contribution in [1.82, 2.24) is 14.9 Å². The fraction of sp³-hybridized carbons (Fsp3) is 0.370. The minimum atomic E-state index is -1.18. The molecule has 12 heteroatoms. The molecule has 1 saturated heterocycles. The number of amides is 1. The van der Waals surface area contributed by atoms with Crippen LogP contribution < -0.4 is 34.1 Å². The van der Waals surface area contributed by atoms with Crippen LogP contribution in [0, 0.1) is 0 Å². The van der Waals surface area contributed by atoms with Gasteiger partial charge in [0, 0.05) is 55.8 Å². The summed E-state index contributed by atoms with van der Waals surface area (Å²) in [7, 11) is 8.41. The van der Waals surface area contributed by atoms with E-state index in [4.69, 9.17) is 18.9 Å². The smallest absolute Gasteiger partial charge is 0.413 e. The number of nitrogens with zero attached hydrogens (tertiary/aromatic N) is 5. The highest BCUT2D eigenvalue weighted by Crippen LogP contribution is 2.41. The zero-order valence-electron chi connectivity index (χ0n) is 22.8. The Kier molecular flexibility index (Phi) is 8.77. The molecule has 1 aliphatic heterocycles. The number of ether oxygens (including phenoxy) is 4. The second-order valence-corrected chi connectivity index (χ2v) is 8.93. The van der Waals surface area contributed by atoms with Crippen molar-refractivity contribution in [3.63, 3.8) is 0 Å². The molecule has 2 N–H and O–H groups in total. The number of carbonyl (C=O) groups is 1. The van der Waals surface area contributed by atoms with Crippen LogP contribution in [0.1, 0.15) is 5.56 Å². The number of aromatic nitrogens is 2. The maximum absolute atomic E-state index is 12.2. The first-order chi connectivity index (χ1) is 18.9. The average Bonchev–Trinajstić information content (AvgIpc) is 2.95. The van der Waals surface area contributed by atoms with Crippen molar-refractivity contribution in [3.05, 3.63) is 48.2 Å². The first kappa shape index (κ1) is 27.6. The maximum Gasteiger partial charge on any atom is 0.413 e. The highest BCUT2D eigenvalue weighted by Gasteiger charge is 2.24. The molecule has 39 heavy (non-hydrogen) atoms. The van der Waals surface area contributed by atoms with Crippen LogP contribution in [-0.2, 0) is 6.54 Å². The lowest BCUT2D eigenvalue weighted by atomic mass is 10.1.